The van der Waals surface area contributed by atoms with Crippen LogP contribution in [-0.2, 0) is 16.9 Å². The Hall–Kier alpha value is -2.37. The molecule has 0 radical (unpaired) electrons. The molecule has 134 valence electrons. The summed E-state index contributed by atoms with van der Waals surface area (Å²) in [7, 11) is 3.91. The van der Waals surface area contributed by atoms with E-state index in [-0.39, 0.29) is 0 Å². The third-order valence-corrected chi connectivity index (χ3v) is 4.15. The summed E-state index contributed by atoms with van der Waals surface area (Å²) in [6, 6.07) is 17.1. The van der Waals surface area contributed by atoms with Gasteiger partial charge in [0.1, 0.15) is 17.9 Å². The smallest absolute Gasteiger partial charge is 0.328 e. The van der Waals surface area contributed by atoms with Gasteiger partial charge >= 0.3 is 5.97 Å². The molecule has 0 aromatic heterocycles. The van der Waals surface area contributed by atoms with E-state index in [0.717, 1.165) is 12.1 Å². The van der Waals surface area contributed by atoms with Gasteiger partial charge in [-0.05, 0) is 44.3 Å². The number of likely N-dealkylation sites (N-methyl/N-ethyl adjacent to an activating group) is 1. The molecule has 0 heterocycles. The molecule has 0 aliphatic heterocycles. The van der Waals surface area contributed by atoms with E-state index < -0.39 is 11.5 Å². The van der Waals surface area contributed by atoms with Crippen molar-refractivity contribution in [3.8, 4) is 5.75 Å². The number of aliphatic carboxylic acids is 1. The van der Waals surface area contributed by atoms with Gasteiger partial charge in [0.15, 0.2) is 0 Å². The average Bonchev–Trinajstić information content (AvgIpc) is 2.60. The number of hydrogen-bond acceptors (Lipinski definition) is 4. The second-order valence-electron chi connectivity index (χ2n) is 6.46. The second kappa shape index (κ2) is 8.65. The second-order valence-corrected chi connectivity index (χ2v) is 6.46. The summed E-state index contributed by atoms with van der Waals surface area (Å²) in [5, 5.41) is 12.8. The molecule has 0 aliphatic rings. The van der Waals surface area contributed by atoms with Crippen LogP contribution >= 0.6 is 0 Å². The average molecular weight is 342 g/mol. The molecule has 0 saturated heterocycles. The van der Waals surface area contributed by atoms with Crippen LogP contribution in [-0.4, -0.2) is 43.2 Å². The highest BCUT2D eigenvalue weighted by atomic mass is 16.5. The molecule has 0 spiro atoms. The zero-order valence-electron chi connectivity index (χ0n) is 15.0. The Bertz CT molecular complexity index is 671. The SMILES string of the molecule is CN(C)CCNC(C)(C(=O)O)c1ccc(OCc2ccccc2)cc1. The van der Waals surface area contributed by atoms with Crippen molar-refractivity contribution in [1.29, 1.82) is 0 Å². The van der Waals surface area contributed by atoms with Gasteiger partial charge in [-0.25, -0.2) is 4.79 Å². The fourth-order valence-electron chi connectivity index (χ4n) is 2.46. The lowest BCUT2D eigenvalue weighted by Gasteiger charge is -2.28. The summed E-state index contributed by atoms with van der Waals surface area (Å²) in [6.07, 6.45) is 0. The van der Waals surface area contributed by atoms with E-state index in [1.54, 1.807) is 19.1 Å². The lowest BCUT2D eigenvalue weighted by molar-refractivity contribution is -0.144. The van der Waals surface area contributed by atoms with Gasteiger partial charge in [0, 0.05) is 13.1 Å². The summed E-state index contributed by atoms with van der Waals surface area (Å²) in [6.45, 7) is 3.52. The maximum atomic E-state index is 11.8. The third-order valence-electron chi connectivity index (χ3n) is 4.15. The van der Waals surface area contributed by atoms with Crippen molar-refractivity contribution in [1.82, 2.24) is 10.2 Å². The molecule has 0 aliphatic carbocycles. The first kappa shape index (κ1) is 19.0. The van der Waals surface area contributed by atoms with E-state index in [4.69, 9.17) is 4.74 Å². The minimum absolute atomic E-state index is 0.484. The topological polar surface area (TPSA) is 61.8 Å². The van der Waals surface area contributed by atoms with Crippen molar-refractivity contribution in [2.75, 3.05) is 27.2 Å². The fraction of sp³-hybridized carbons (Fsp3) is 0.350. The van der Waals surface area contributed by atoms with Crippen molar-refractivity contribution >= 4 is 5.97 Å². The van der Waals surface area contributed by atoms with Crippen LogP contribution in [0.3, 0.4) is 0 Å². The summed E-state index contributed by atoms with van der Waals surface area (Å²) < 4.78 is 5.76. The first-order valence-corrected chi connectivity index (χ1v) is 8.32. The van der Waals surface area contributed by atoms with Crippen LogP contribution in [0.25, 0.3) is 0 Å². The standard InChI is InChI=1S/C20H26N2O3/c1-20(19(23)24,21-13-14-22(2)3)17-9-11-18(12-10-17)25-15-16-7-5-4-6-8-16/h4-12,21H,13-15H2,1-3H3,(H,23,24). The Morgan fingerprint density at radius 2 is 1.76 bits per heavy atom. The lowest BCUT2D eigenvalue weighted by atomic mass is 9.92. The summed E-state index contributed by atoms with van der Waals surface area (Å²) in [5.74, 6) is -0.183. The Labute approximate surface area is 149 Å². The summed E-state index contributed by atoms with van der Waals surface area (Å²) >= 11 is 0. The zero-order chi connectivity index (χ0) is 18.3. The highest BCUT2D eigenvalue weighted by Crippen LogP contribution is 2.24. The summed E-state index contributed by atoms with van der Waals surface area (Å²) in [5.41, 5.74) is 0.659. The van der Waals surface area contributed by atoms with Crippen molar-refractivity contribution in [2.45, 2.75) is 19.1 Å². The van der Waals surface area contributed by atoms with E-state index in [2.05, 4.69) is 5.32 Å². The number of nitrogens with one attached hydrogen (secondary N) is 1. The molecule has 1 atom stereocenters. The number of carbonyl (C=O) groups is 1. The zero-order valence-corrected chi connectivity index (χ0v) is 15.0. The van der Waals surface area contributed by atoms with Crippen molar-refractivity contribution in [3.63, 3.8) is 0 Å². The minimum Gasteiger partial charge on any atom is -0.489 e. The van der Waals surface area contributed by atoms with E-state index >= 15 is 0 Å². The van der Waals surface area contributed by atoms with E-state index in [1.165, 1.54) is 0 Å². The molecular weight excluding hydrogens is 316 g/mol. The number of carboxylic acid groups (broad SMARTS) is 1. The monoisotopic (exact) mass is 342 g/mol. The van der Waals surface area contributed by atoms with Crippen molar-refractivity contribution < 1.29 is 14.6 Å². The van der Waals surface area contributed by atoms with Crippen molar-refractivity contribution in [2.24, 2.45) is 0 Å². The van der Waals surface area contributed by atoms with Crippen LogP contribution in [0.1, 0.15) is 18.1 Å². The third kappa shape index (κ3) is 5.31. The maximum absolute atomic E-state index is 11.8. The first-order chi connectivity index (χ1) is 11.9. The van der Waals surface area contributed by atoms with Crippen molar-refractivity contribution in [3.05, 3.63) is 65.7 Å². The maximum Gasteiger partial charge on any atom is 0.328 e. The number of ether oxygens (including phenoxy) is 1. The first-order valence-electron chi connectivity index (χ1n) is 8.32. The Morgan fingerprint density at radius 1 is 1.12 bits per heavy atom. The Morgan fingerprint density at radius 3 is 2.32 bits per heavy atom. The van der Waals surface area contributed by atoms with Gasteiger partial charge in [-0.15, -0.1) is 0 Å². The number of hydrogen-bond donors (Lipinski definition) is 2. The molecule has 2 aromatic rings. The fourth-order valence-corrected chi connectivity index (χ4v) is 2.46. The number of rotatable bonds is 9. The molecule has 5 nitrogen and oxygen atoms in total. The highest BCUT2D eigenvalue weighted by Gasteiger charge is 2.34. The van der Waals surface area contributed by atoms with Crippen LogP contribution in [0, 0.1) is 0 Å². The molecule has 25 heavy (non-hydrogen) atoms. The normalized spacial score (nSPS) is 13.4. The quantitative estimate of drug-likeness (QED) is 0.734. The molecule has 0 bridgehead atoms. The Balaban J connectivity index is 2.03. The summed E-state index contributed by atoms with van der Waals surface area (Å²) in [4.78, 5) is 13.8. The largest absolute Gasteiger partial charge is 0.489 e. The minimum atomic E-state index is -1.13. The van der Waals surface area contributed by atoms with Gasteiger partial charge in [-0.3, -0.25) is 5.32 Å². The highest BCUT2D eigenvalue weighted by molar-refractivity contribution is 5.80. The van der Waals surface area contributed by atoms with Gasteiger partial charge in [-0.2, -0.15) is 0 Å². The number of benzene rings is 2. The van der Waals surface area contributed by atoms with E-state index in [1.807, 2.05) is 61.5 Å². The van der Waals surface area contributed by atoms with Crippen LogP contribution in [0.4, 0.5) is 0 Å². The van der Waals surface area contributed by atoms with Gasteiger partial charge in [0.25, 0.3) is 0 Å². The Kier molecular flexibility index (Phi) is 6.56. The predicted molar refractivity (Wildman–Crippen MR) is 98.8 cm³/mol. The van der Waals surface area contributed by atoms with Gasteiger partial charge in [-0.1, -0.05) is 42.5 Å². The number of nitrogens with zero attached hydrogens (tertiary/aromatic N) is 1. The van der Waals surface area contributed by atoms with Crippen LogP contribution in [0.2, 0.25) is 0 Å². The number of carboxylic acids is 1. The van der Waals surface area contributed by atoms with E-state index in [9.17, 15) is 9.90 Å². The molecule has 0 amide bonds. The van der Waals surface area contributed by atoms with Crippen LogP contribution < -0.4 is 10.1 Å². The predicted octanol–water partition coefficient (Wildman–Crippen LogP) is 2.72. The molecule has 5 heteroatoms. The van der Waals surface area contributed by atoms with E-state index in [0.29, 0.717) is 24.5 Å². The van der Waals surface area contributed by atoms with Gasteiger partial charge in [0.05, 0.1) is 0 Å². The van der Waals surface area contributed by atoms with Gasteiger partial charge < -0.3 is 14.7 Å². The molecule has 1 unspecified atom stereocenters. The molecule has 2 rings (SSSR count). The molecule has 2 aromatic carbocycles. The van der Waals surface area contributed by atoms with Crippen LogP contribution in [0.15, 0.2) is 54.6 Å². The molecule has 2 N–H and O–H groups in total. The molecule has 0 fully saturated rings. The van der Waals surface area contributed by atoms with Gasteiger partial charge in [0.2, 0.25) is 0 Å². The molecular formula is C20H26N2O3. The molecule has 0 saturated carbocycles. The van der Waals surface area contributed by atoms with Crippen LogP contribution in [0.5, 0.6) is 5.75 Å². The lowest BCUT2D eigenvalue weighted by Crippen LogP contribution is -2.48.